The molecule has 1 aromatic heterocycles. The molecular formula is C14H17BrN2O2S2. The predicted molar refractivity (Wildman–Crippen MR) is 89.7 cm³/mol. The highest BCUT2D eigenvalue weighted by Gasteiger charge is 2.24. The number of thiophene rings is 1. The summed E-state index contributed by atoms with van der Waals surface area (Å²) in [6.45, 7) is 2.50. The predicted octanol–water partition coefficient (Wildman–Crippen LogP) is 3.10. The minimum atomic E-state index is -3.49. The van der Waals surface area contributed by atoms with Crippen molar-refractivity contribution in [3.8, 4) is 0 Å². The van der Waals surface area contributed by atoms with Gasteiger partial charge < -0.3 is 5.73 Å². The van der Waals surface area contributed by atoms with Crippen LogP contribution < -0.4 is 5.73 Å². The van der Waals surface area contributed by atoms with Crippen LogP contribution in [0.3, 0.4) is 0 Å². The third kappa shape index (κ3) is 3.73. The van der Waals surface area contributed by atoms with Gasteiger partial charge in [0.15, 0.2) is 0 Å². The average molecular weight is 389 g/mol. The normalized spacial score (nSPS) is 12.0. The zero-order valence-electron chi connectivity index (χ0n) is 11.8. The molecule has 0 atom stereocenters. The van der Waals surface area contributed by atoms with Gasteiger partial charge in [-0.1, -0.05) is 28.1 Å². The molecule has 0 radical (unpaired) electrons. The van der Waals surface area contributed by atoms with Gasteiger partial charge in [0.25, 0.3) is 0 Å². The Morgan fingerprint density at radius 3 is 2.43 bits per heavy atom. The maximum absolute atomic E-state index is 12.6. The average Bonchev–Trinajstić information content (AvgIpc) is 2.83. The van der Waals surface area contributed by atoms with Crippen molar-refractivity contribution in [1.82, 2.24) is 4.31 Å². The lowest BCUT2D eigenvalue weighted by molar-refractivity contribution is 0.466. The van der Waals surface area contributed by atoms with Crippen molar-refractivity contribution < 1.29 is 8.42 Å². The van der Waals surface area contributed by atoms with Crippen LogP contribution in [0.15, 0.2) is 39.7 Å². The molecule has 0 spiro atoms. The van der Waals surface area contributed by atoms with Gasteiger partial charge in [-0.25, -0.2) is 8.42 Å². The number of nitrogens with zero attached hydrogens (tertiary/aromatic N) is 1. The fraction of sp³-hybridized carbons (Fsp3) is 0.286. The molecule has 0 bridgehead atoms. The van der Waals surface area contributed by atoms with Crippen LogP contribution in [-0.4, -0.2) is 19.8 Å². The SMILES string of the molecule is Cc1sc(CN)cc1S(=O)(=O)N(C)Cc1ccc(Br)cc1. The lowest BCUT2D eigenvalue weighted by Crippen LogP contribution is -2.26. The minimum Gasteiger partial charge on any atom is -0.326 e. The first-order valence-electron chi connectivity index (χ1n) is 6.34. The summed E-state index contributed by atoms with van der Waals surface area (Å²) in [5, 5.41) is 0. The Labute approximate surface area is 137 Å². The molecule has 0 saturated carbocycles. The van der Waals surface area contributed by atoms with Gasteiger partial charge in [0, 0.05) is 34.4 Å². The molecule has 0 amide bonds. The lowest BCUT2D eigenvalue weighted by Gasteiger charge is -2.17. The third-order valence-electron chi connectivity index (χ3n) is 3.13. The Balaban J connectivity index is 2.25. The van der Waals surface area contributed by atoms with Crippen molar-refractivity contribution in [2.75, 3.05) is 7.05 Å². The molecule has 1 aromatic carbocycles. The molecule has 0 unspecified atom stereocenters. The van der Waals surface area contributed by atoms with Crippen LogP contribution in [0.5, 0.6) is 0 Å². The van der Waals surface area contributed by atoms with Gasteiger partial charge in [0.05, 0.1) is 4.90 Å². The van der Waals surface area contributed by atoms with E-state index in [1.165, 1.54) is 15.6 Å². The summed E-state index contributed by atoms with van der Waals surface area (Å²) in [4.78, 5) is 2.01. The highest BCUT2D eigenvalue weighted by atomic mass is 79.9. The first kappa shape index (κ1) is 16.6. The van der Waals surface area contributed by atoms with E-state index < -0.39 is 10.0 Å². The van der Waals surface area contributed by atoms with Gasteiger partial charge in [-0.3, -0.25) is 0 Å². The summed E-state index contributed by atoms with van der Waals surface area (Å²) in [5.74, 6) is 0. The van der Waals surface area contributed by atoms with E-state index in [9.17, 15) is 8.42 Å². The van der Waals surface area contributed by atoms with Crippen molar-refractivity contribution in [3.05, 3.63) is 50.1 Å². The number of halogens is 1. The fourth-order valence-electron chi connectivity index (χ4n) is 1.98. The molecule has 0 aliphatic heterocycles. The second-order valence-electron chi connectivity index (χ2n) is 4.72. The van der Waals surface area contributed by atoms with Crippen molar-refractivity contribution >= 4 is 37.3 Å². The van der Waals surface area contributed by atoms with Gasteiger partial charge in [-0.2, -0.15) is 4.31 Å². The highest BCUT2D eigenvalue weighted by Crippen LogP contribution is 2.28. The van der Waals surface area contributed by atoms with Gasteiger partial charge in [-0.05, 0) is 30.7 Å². The summed E-state index contributed by atoms with van der Waals surface area (Å²) in [6, 6.07) is 9.29. The van der Waals surface area contributed by atoms with Crippen LogP contribution in [0.2, 0.25) is 0 Å². The summed E-state index contributed by atoms with van der Waals surface area (Å²) >= 11 is 4.80. The number of hydrogen-bond acceptors (Lipinski definition) is 4. The van der Waals surface area contributed by atoms with Crippen molar-refractivity contribution in [1.29, 1.82) is 0 Å². The van der Waals surface area contributed by atoms with Crippen LogP contribution >= 0.6 is 27.3 Å². The molecule has 2 aromatic rings. The fourth-order valence-corrected chi connectivity index (χ4v) is 4.88. The van der Waals surface area contributed by atoms with Crippen LogP contribution in [0.25, 0.3) is 0 Å². The zero-order chi connectivity index (χ0) is 15.6. The van der Waals surface area contributed by atoms with Crippen LogP contribution in [0.1, 0.15) is 15.3 Å². The largest absolute Gasteiger partial charge is 0.326 e. The molecule has 21 heavy (non-hydrogen) atoms. The van der Waals surface area contributed by atoms with Crippen molar-refractivity contribution in [3.63, 3.8) is 0 Å². The maximum Gasteiger partial charge on any atom is 0.244 e. The van der Waals surface area contributed by atoms with Crippen LogP contribution in [0, 0.1) is 6.92 Å². The van der Waals surface area contributed by atoms with E-state index in [4.69, 9.17) is 5.73 Å². The van der Waals surface area contributed by atoms with Crippen LogP contribution in [-0.2, 0) is 23.1 Å². The quantitative estimate of drug-likeness (QED) is 0.855. The molecule has 4 nitrogen and oxygen atoms in total. The lowest BCUT2D eigenvalue weighted by atomic mass is 10.2. The highest BCUT2D eigenvalue weighted by molar-refractivity contribution is 9.10. The van der Waals surface area contributed by atoms with E-state index in [0.717, 1.165) is 19.8 Å². The number of sulfonamides is 1. The molecular weight excluding hydrogens is 372 g/mol. The Hall–Kier alpha value is -0.730. The summed E-state index contributed by atoms with van der Waals surface area (Å²) < 4.78 is 27.6. The summed E-state index contributed by atoms with van der Waals surface area (Å²) in [6.07, 6.45) is 0. The van der Waals surface area contributed by atoms with Gasteiger partial charge in [0.2, 0.25) is 10.0 Å². The van der Waals surface area contributed by atoms with Crippen LogP contribution in [0.4, 0.5) is 0 Å². The number of rotatable bonds is 5. The minimum absolute atomic E-state index is 0.336. The Morgan fingerprint density at radius 2 is 1.90 bits per heavy atom. The molecule has 114 valence electrons. The molecule has 2 rings (SSSR count). The number of benzene rings is 1. The van der Waals surface area contributed by atoms with E-state index in [0.29, 0.717) is 18.0 Å². The summed E-state index contributed by atoms with van der Waals surface area (Å²) in [5.41, 5.74) is 6.53. The second-order valence-corrected chi connectivity index (χ2v) is 8.99. The number of hydrogen-bond donors (Lipinski definition) is 1. The molecule has 0 aliphatic carbocycles. The Bertz CT molecular complexity index is 724. The number of aryl methyl sites for hydroxylation is 1. The molecule has 1 heterocycles. The van der Waals surface area contributed by atoms with Crippen molar-refractivity contribution in [2.24, 2.45) is 5.73 Å². The Kier molecular flexibility index (Phi) is 5.21. The van der Waals surface area contributed by atoms with E-state index in [2.05, 4.69) is 15.9 Å². The molecule has 2 N–H and O–H groups in total. The van der Waals surface area contributed by atoms with E-state index >= 15 is 0 Å². The molecule has 0 fully saturated rings. The molecule has 0 saturated heterocycles. The van der Waals surface area contributed by atoms with Gasteiger partial charge in [-0.15, -0.1) is 11.3 Å². The standard InChI is InChI=1S/C14H17BrN2O2S2/c1-10-14(7-13(8-16)20-10)21(18,19)17(2)9-11-3-5-12(15)6-4-11/h3-7H,8-9,16H2,1-2H3. The first-order chi connectivity index (χ1) is 9.84. The van der Waals surface area contributed by atoms with E-state index in [-0.39, 0.29) is 0 Å². The summed E-state index contributed by atoms with van der Waals surface area (Å²) in [7, 11) is -1.90. The smallest absolute Gasteiger partial charge is 0.244 e. The van der Waals surface area contributed by atoms with E-state index in [1.807, 2.05) is 31.2 Å². The van der Waals surface area contributed by atoms with Gasteiger partial charge >= 0.3 is 0 Å². The first-order valence-corrected chi connectivity index (χ1v) is 9.39. The monoisotopic (exact) mass is 388 g/mol. The third-order valence-corrected chi connectivity index (χ3v) is 6.79. The molecule has 7 heteroatoms. The maximum atomic E-state index is 12.6. The van der Waals surface area contributed by atoms with Crippen molar-refractivity contribution in [2.45, 2.75) is 24.9 Å². The second kappa shape index (κ2) is 6.58. The Morgan fingerprint density at radius 1 is 1.29 bits per heavy atom. The topological polar surface area (TPSA) is 63.4 Å². The number of nitrogens with two attached hydrogens (primary N) is 1. The van der Waals surface area contributed by atoms with E-state index in [1.54, 1.807) is 13.1 Å². The molecule has 0 aliphatic rings. The zero-order valence-corrected chi connectivity index (χ0v) is 15.1. The van der Waals surface area contributed by atoms with Gasteiger partial charge in [0.1, 0.15) is 0 Å².